The molecule has 2 aromatic carbocycles. The predicted molar refractivity (Wildman–Crippen MR) is 112 cm³/mol. The highest BCUT2D eigenvalue weighted by Crippen LogP contribution is 2.22. The first-order valence-electron chi connectivity index (χ1n) is 9.10. The number of hydrogen-bond donors (Lipinski definition) is 2. The Morgan fingerprint density at radius 3 is 2.76 bits per heavy atom. The van der Waals surface area contributed by atoms with Crippen LogP contribution in [0.2, 0.25) is 0 Å². The van der Waals surface area contributed by atoms with Crippen molar-refractivity contribution >= 4 is 29.1 Å². The van der Waals surface area contributed by atoms with Gasteiger partial charge in [0.25, 0.3) is 0 Å². The van der Waals surface area contributed by atoms with Crippen LogP contribution in [0.1, 0.15) is 35.6 Å². The van der Waals surface area contributed by atoms with Gasteiger partial charge in [0.05, 0.1) is 5.25 Å². The summed E-state index contributed by atoms with van der Waals surface area (Å²) < 4.78 is 5.75. The third kappa shape index (κ3) is 5.68. The minimum Gasteiger partial charge on any atom is -0.485 e. The first-order chi connectivity index (χ1) is 13.9. The van der Waals surface area contributed by atoms with Crippen molar-refractivity contribution < 1.29 is 14.3 Å². The molecule has 8 heteroatoms. The van der Waals surface area contributed by atoms with Gasteiger partial charge >= 0.3 is 0 Å². The predicted octanol–water partition coefficient (Wildman–Crippen LogP) is 4.01. The molecule has 0 bridgehead atoms. The number of carbonyl (C=O) groups excluding carboxylic acids is 2. The number of H-pyrrole nitrogens is 1. The third-order valence-electron chi connectivity index (χ3n) is 4.16. The van der Waals surface area contributed by atoms with Gasteiger partial charge in [-0.25, -0.2) is 4.98 Å². The number of nitrogens with zero attached hydrogens (tertiary/aromatic N) is 2. The molecular formula is C21H22N4O3S. The molecule has 1 heterocycles. The van der Waals surface area contributed by atoms with Crippen LogP contribution in [0.4, 0.5) is 5.69 Å². The van der Waals surface area contributed by atoms with Gasteiger partial charge in [-0.05, 0) is 44.5 Å². The highest BCUT2D eigenvalue weighted by molar-refractivity contribution is 8.00. The summed E-state index contributed by atoms with van der Waals surface area (Å²) in [7, 11) is 0. The molecule has 0 fully saturated rings. The number of benzene rings is 2. The quantitative estimate of drug-likeness (QED) is 0.430. The molecule has 1 amide bonds. The number of aromatic amines is 1. The second-order valence-electron chi connectivity index (χ2n) is 6.51. The SMILES string of the molecule is CC(=O)c1cccc(NC(=O)[C@@H](C)Sc2n[nH]c(COc3ccccc3C)n2)c1. The van der Waals surface area contributed by atoms with Crippen LogP contribution in [-0.2, 0) is 11.4 Å². The van der Waals surface area contributed by atoms with Gasteiger partial charge in [0.1, 0.15) is 12.4 Å². The smallest absolute Gasteiger partial charge is 0.237 e. The van der Waals surface area contributed by atoms with E-state index in [4.69, 9.17) is 4.74 Å². The average Bonchev–Trinajstić information content (AvgIpc) is 3.14. The number of para-hydroxylation sites is 1. The molecule has 150 valence electrons. The van der Waals surface area contributed by atoms with Crippen LogP contribution < -0.4 is 10.1 Å². The van der Waals surface area contributed by atoms with E-state index in [0.29, 0.717) is 22.2 Å². The Hall–Kier alpha value is -3.13. The number of aryl methyl sites for hydroxylation is 1. The molecule has 0 aliphatic carbocycles. The maximum atomic E-state index is 12.4. The molecule has 2 N–H and O–H groups in total. The van der Waals surface area contributed by atoms with E-state index in [0.717, 1.165) is 11.3 Å². The molecule has 3 aromatic rings. The van der Waals surface area contributed by atoms with Gasteiger partial charge in [-0.1, -0.05) is 42.1 Å². The van der Waals surface area contributed by atoms with Crippen molar-refractivity contribution in [1.29, 1.82) is 0 Å². The van der Waals surface area contributed by atoms with Crippen LogP contribution in [0.25, 0.3) is 0 Å². The normalized spacial score (nSPS) is 11.7. The summed E-state index contributed by atoms with van der Waals surface area (Å²) in [5.41, 5.74) is 2.17. The van der Waals surface area contributed by atoms with Crippen molar-refractivity contribution in [1.82, 2.24) is 15.2 Å². The summed E-state index contributed by atoms with van der Waals surface area (Å²) >= 11 is 1.24. The second kappa shape index (κ2) is 9.38. The minimum absolute atomic E-state index is 0.0512. The Bertz CT molecular complexity index is 1020. The largest absolute Gasteiger partial charge is 0.485 e. The first-order valence-corrected chi connectivity index (χ1v) is 9.98. The van der Waals surface area contributed by atoms with Crippen molar-refractivity contribution in [2.45, 2.75) is 37.8 Å². The van der Waals surface area contributed by atoms with Crippen LogP contribution in [0.15, 0.2) is 53.7 Å². The van der Waals surface area contributed by atoms with Gasteiger partial charge in [-0.15, -0.1) is 5.10 Å². The molecule has 1 atom stereocenters. The van der Waals surface area contributed by atoms with Crippen LogP contribution >= 0.6 is 11.8 Å². The summed E-state index contributed by atoms with van der Waals surface area (Å²) in [6.45, 7) is 5.50. The lowest BCUT2D eigenvalue weighted by Gasteiger charge is -2.10. The Balaban J connectivity index is 1.54. The van der Waals surface area contributed by atoms with E-state index in [2.05, 4.69) is 20.5 Å². The lowest BCUT2D eigenvalue weighted by Crippen LogP contribution is -2.22. The molecule has 7 nitrogen and oxygen atoms in total. The standard InChI is InChI=1S/C21H22N4O3S/c1-13-7-4-5-10-18(13)28-12-19-23-21(25-24-19)29-15(3)20(27)22-17-9-6-8-16(11-17)14(2)26/h4-11,15H,12H2,1-3H3,(H,22,27)(H,23,24,25)/t15-/m1/s1. The van der Waals surface area contributed by atoms with E-state index in [-0.39, 0.29) is 18.3 Å². The second-order valence-corrected chi connectivity index (χ2v) is 7.81. The number of ketones is 1. The van der Waals surface area contributed by atoms with E-state index >= 15 is 0 Å². The Kier molecular flexibility index (Phi) is 6.66. The Labute approximate surface area is 173 Å². The van der Waals surface area contributed by atoms with E-state index in [1.54, 1.807) is 31.2 Å². The molecule has 0 radical (unpaired) electrons. The zero-order valence-electron chi connectivity index (χ0n) is 16.4. The third-order valence-corrected chi connectivity index (χ3v) is 5.12. The number of aromatic nitrogens is 3. The number of ether oxygens (including phenoxy) is 1. The fourth-order valence-corrected chi connectivity index (χ4v) is 3.27. The molecule has 1 aromatic heterocycles. The number of anilines is 1. The number of amides is 1. The van der Waals surface area contributed by atoms with Gasteiger partial charge < -0.3 is 10.1 Å². The van der Waals surface area contributed by atoms with Gasteiger partial charge in [0, 0.05) is 11.3 Å². The van der Waals surface area contributed by atoms with Gasteiger partial charge in [-0.2, -0.15) is 0 Å². The minimum atomic E-state index is -0.420. The molecular weight excluding hydrogens is 388 g/mol. The van der Waals surface area contributed by atoms with Gasteiger partial charge in [-0.3, -0.25) is 14.7 Å². The van der Waals surface area contributed by atoms with Crippen molar-refractivity contribution in [3.63, 3.8) is 0 Å². The number of hydrogen-bond acceptors (Lipinski definition) is 6. The molecule has 0 saturated heterocycles. The molecule has 0 aliphatic rings. The highest BCUT2D eigenvalue weighted by atomic mass is 32.2. The van der Waals surface area contributed by atoms with Crippen LogP contribution in [-0.4, -0.2) is 32.1 Å². The molecule has 0 saturated carbocycles. The number of carbonyl (C=O) groups is 2. The highest BCUT2D eigenvalue weighted by Gasteiger charge is 2.18. The van der Waals surface area contributed by atoms with Crippen LogP contribution in [0.5, 0.6) is 5.75 Å². The molecule has 3 rings (SSSR count). The lowest BCUT2D eigenvalue weighted by atomic mass is 10.1. The topological polar surface area (TPSA) is 97.0 Å². The van der Waals surface area contributed by atoms with E-state index in [9.17, 15) is 9.59 Å². The Morgan fingerprint density at radius 1 is 1.21 bits per heavy atom. The summed E-state index contributed by atoms with van der Waals surface area (Å²) in [6, 6.07) is 14.6. The lowest BCUT2D eigenvalue weighted by molar-refractivity contribution is -0.115. The fraction of sp³-hybridized carbons (Fsp3) is 0.238. The summed E-state index contributed by atoms with van der Waals surface area (Å²) in [5, 5.41) is 9.83. The number of nitrogens with one attached hydrogen (secondary N) is 2. The van der Waals surface area contributed by atoms with Crippen molar-refractivity contribution in [3.8, 4) is 5.75 Å². The maximum absolute atomic E-state index is 12.4. The molecule has 0 spiro atoms. The number of thioether (sulfide) groups is 1. The van der Waals surface area contributed by atoms with Crippen molar-refractivity contribution in [2.75, 3.05) is 5.32 Å². The van der Waals surface area contributed by atoms with Crippen LogP contribution in [0.3, 0.4) is 0 Å². The fourth-order valence-electron chi connectivity index (χ4n) is 2.53. The number of rotatable bonds is 8. The van der Waals surface area contributed by atoms with Gasteiger partial charge in [0.15, 0.2) is 11.6 Å². The van der Waals surface area contributed by atoms with E-state index < -0.39 is 5.25 Å². The molecule has 0 unspecified atom stereocenters. The van der Waals surface area contributed by atoms with Crippen LogP contribution in [0, 0.1) is 6.92 Å². The summed E-state index contributed by atoms with van der Waals surface area (Å²) in [6.07, 6.45) is 0. The van der Waals surface area contributed by atoms with Gasteiger partial charge in [0.2, 0.25) is 11.1 Å². The van der Waals surface area contributed by atoms with Crippen molar-refractivity contribution in [3.05, 3.63) is 65.5 Å². The molecule has 0 aliphatic heterocycles. The van der Waals surface area contributed by atoms with E-state index in [1.807, 2.05) is 31.2 Å². The zero-order valence-corrected chi connectivity index (χ0v) is 17.2. The first kappa shape index (κ1) is 20.6. The number of Topliss-reactive ketones (excluding diaryl/α,β-unsaturated/α-hetero) is 1. The summed E-state index contributed by atoms with van der Waals surface area (Å²) in [4.78, 5) is 28.3. The average molecular weight is 410 g/mol. The maximum Gasteiger partial charge on any atom is 0.237 e. The Morgan fingerprint density at radius 2 is 2.00 bits per heavy atom. The summed E-state index contributed by atoms with van der Waals surface area (Å²) in [5.74, 6) is 1.12. The monoisotopic (exact) mass is 410 g/mol. The molecule has 29 heavy (non-hydrogen) atoms. The van der Waals surface area contributed by atoms with Crippen molar-refractivity contribution in [2.24, 2.45) is 0 Å². The van der Waals surface area contributed by atoms with E-state index in [1.165, 1.54) is 18.7 Å². The zero-order chi connectivity index (χ0) is 20.8.